The number of halogens is 1. The van der Waals surface area contributed by atoms with Gasteiger partial charge in [-0.25, -0.2) is 4.39 Å². The summed E-state index contributed by atoms with van der Waals surface area (Å²) in [6.45, 7) is 3.88. The minimum Gasteiger partial charge on any atom is -0.453 e. The molecule has 2 aromatic carbocycles. The monoisotopic (exact) mass is 357 g/mol. The van der Waals surface area contributed by atoms with Gasteiger partial charge in [0.05, 0.1) is 0 Å². The third-order valence-corrected chi connectivity index (χ3v) is 4.11. The topological polar surface area (TPSA) is 55.4 Å². The van der Waals surface area contributed by atoms with Crippen LogP contribution in [-0.2, 0) is 33.7 Å². The molecule has 0 spiro atoms. The third kappa shape index (κ3) is 6.31. The number of hydrogen-bond donors (Lipinski definition) is 1. The number of carbonyl (C=O) groups excluding carboxylic acids is 2. The van der Waals surface area contributed by atoms with Gasteiger partial charge in [0.25, 0.3) is 5.91 Å². The zero-order valence-corrected chi connectivity index (χ0v) is 15.1. The molecule has 0 aliphatic rings. The Labute approximate surface area is 153 Å². The highest BCUT2D eigenvalue weighted by Gasteiger charge is 2.17. The molecule has 2 aromatic rings. The highest BCUT2D eigenvalue weighted by molar-refractivity contribution is 5.83. The third-order valence-electron chi connectivity index (χ3n) is 4.11. The summed E-state index contributed by atoms with van der Waals surface area (Å²) in [6.07, 6.45) is 0.908. The van der Waals surface area contributed by atoms with E-state index in [1.165, 1.54) is 24.6 Å². The van der Waals surface area contributed by atoms with E-state index in [0.29, 0.717) is 6.42 Å². The number of nitrogens with one attached hydrogen (secondary N) is 1. The molecule has 0 bridgehead atoms. The maximum Gasteiger partial charge on any atom is 0.306 e. The first-order valence-electron chi connectivity index (χ1n) is 8.77. The number of carbonyl (C=O) groups is 2. The van der Waals surface area contributed by atoms with E-state index < -0.39 is 12.1 Å². The van der Waals surface area contributed by atoms with Crippen molar-refractivity contribution in [3.05, 3.63) is 71.0 Å². The van der Waals surface area contributed by atoms with Crippen LogP contribution in [0, 0.1) is 5.82 Å². The lowest BCUT2D eigenvalue weighted by molar-refractivity contribution is -0.154. The van der Waals surface area contributed by atoms with Crippen molar-refractivity contribution in [2.75, 3.05) is 0 Å². The van der Waals surface area contributed by atoms with E-state index in [-0.39, 0.29) is 24.7 Å². The van der Waals surface area contributed by atoms with Gasteiger partial charge in [-0.3, -0.25) is 9.59 Å². The second kappa shape index (κ2) is 9.70. The van der Waals surface area contributed by atoms with Gasteiger partial charge in [0.15, 0.2) is 6.10 Å². The molecular weight excluding hydrogens is 333 g/mol. The molecule has 138 valence electrons. The fourth-order valence-electron chi connectivity index (χ4n) is 2.43. The molecular formula is C21H24FNO3. The number of rotatable bonds is 8. The van der Waals surface area contributed by atoms with E-state index in [9.17, 15) is 14.0 Å². The average Bonchev–Trinajstić information content (AvgIpc) is 2.66. The van der Waals surface area contributed by atoms with Gasteiger partial charge in [0.2, 0.25) is 0 Å². The first-order valence-corrected chi connectivity index (χ1v) is 8.77. The number of benzene rings is 2. The van der Waals surface area contributed by atoms with Gasteiger partial charge >= 0.3 is 5.97 Å². The Hall–Kier alpha value is -2.69. The van der Waals surface area contributed by atoms with Crippen LogP contribution in [0.3, 0.4) is 0 Å². The standard InChI is InChI=1S/C21H24FNO3/c1-3-16-4-6-17(7-5-16)10-13-20(24)26-15(2)21(25)23-14-18-8-11-19(22)12-9-18/h4-9,11-12,15H,3,10,13-14H2,1-2H3,(H,23,25)/t15-/m0/s1. The molecule has 0 radical (unpaired) electrons. The summed E-state index contributed by atoms with van der Waals surface area (Å²) in [5.41, 5.74) is 3.09. The van der Waals surface area contributed by atoms with Crippen LogP contribution in [0.1, 0.15) is 37.0 Å². The number of esters is 1. The minimum atomic E-state index is -0.870. The summed E-state index contributed by atoms with van der Waals surface area (Å²) in [4.78, 5) is 23.9. The molecule has 26 heavy (non-hydrogen) atoms. The fraction of sp³-hybridized carbons (Fsp3) is 0.333. The number of aryl methyl sites for hydroxylation is 2. The van der Waals surface area contributed by atoms with Crippen LogP contribution >= 0.6 is 0 Å². The summed E-state index contributed by atoms with van der Waals surface area (Å²) >= 11 is 0. The van der Waals surface area contributed by atoms with Gasteiger partial charge in [0.1, 0.15) is 5.82 Å². The van der Waals surface area contributed by atoms with E-state index >= 15 is 0 Å². The second-order valence-electron chi connectivity index (χ2n) is 6.15. The summed E-state index contributed by atoms with van der Waals surface area (Å²) in [5, 5.41) is 2.67. The van der Waals surface area contributed by atoms with Crippen molar-refractivity contribution in [2.45, 2.75) is 45.8 Å². The summed E-state index contributed by atoms with van der Waals surface area (Å²) in [6, 6.07) is 14.0. The van der Waals surface area contributed by atoms with Crippen molar-refractivity contribution in [1.29, 1.82) is 0 Å². The molecule has 0 saturated heterocycles. The van der Waals surface area contributed by atoms with Gasteiger partial charge in [-0.15, -0.1) is 0 Å². The molecule has 5 heteroatoms. The van der Waals surface area contributed by atoms with Crippen molar-refractivity contribution in [1.82, 2.24) is 5.32 Å². The highest BCUT2D eigenvalue weighted by atomic mass is 19.1. The Morgan fingerprint density at radius 2 is 1.58 bits per heavy atom. The molecule has 0 aliphatic heterocycles. The predicted octanol–water partition coefficient (Wildman–Crippen LogP) is 3.57. The first kappa shape index (κ1) is 19.6. The molecule has 0 saturated carbocycles. The van der Waals surface area contributed by atoms with E-state index in [2.05, 4.69) is 12.2 Å². The number of ether oxygens (including phenoxy) is 1. The van der Waals surface area contributed by atoms with Crippen LogP contribution in [0.4, 0.5) is 4.39 Å². The molecule has 0 heterocycles. The van der Waals surface area contributed by atoms with E-state index in [0.717, 1.165) is 17.5 Å². The summed E-state index contributed by atoms with van der Waals surface area (Å²) in [7, 11) is 0. The smallest absolute Gasteiger partial charge is 0.306 e. The Morgan fingerprint density at radius 1 is 1.00 bits per heavy atom. The van der Waals surface area contributed by atoms with E-state index in [1.54, 1.807) is 12.1 Å². The van der Waals surface area contributed by atoms with Gasteiger partial charge in [-0.05, 0) is 48.6 Å². The molecule has 2 rings (SSSR count). The molecule has 0 aromatic heterocycles. The van der Waals surface area contributed by atoms with E-state index in [4.69, 9.17) is 4.74 Å². The zero-order chi connectivity index (χ0) is 18.9. The Balaban J connectivity index is 1.72. The van der Waals surface area contributed by atoms with Crippen LogP contribution in [0.2, 0.25) is 0 Å². The van der Waals surface area contributed by atoms with Crippen LogP contribution in [0.15, 0.2) is 48.5 Å². The van der Waals surface area contributed by atoms with Gasteiger partial charge in [-0.1, -0.05) is 43.3 Å². The van der Waals surface area contributed by atoms with Crippen molar-refractivity contribution in [3.8, 4) is 0 Å². The lowest BCUT2D eigenvalue weighted by atomic mass is 10.1. The quantitative estimate of drug-likeness (QED) is 0.735. The van der Waals surface area contributed by atoms with Gasteiger partial charge < -0.3 is 10.1 Å². The second-order valence-corrected chi connectivity index (χ2v) is 6.15. The zero-order valence-electron chi connectivity index (χ0n) is 15.1. The van der Waals surface area contributed by atoms with Crippen molar-refractivity contribution in [2.24, 2.45) is 0 Å². The Bertz CT molecular complexity index is 726. The summed E-state index contributed by atoms with van der Waals surface area (Å²) < 4.78 is 18.0. The highest BCUT2D eigenvalue weighted by Crippen LogP contribution is 2.09. The maximum absolute atomic E-state index is 12.8. The molecule has 1 amide bonds. The SMILES string of the molecule is CCc1ccc(CCC(=O)O[C@@H](C)C(=O)NCc2ccc(F)cc2)cc1. The molecule has 0 aliphatic carbocycles. The van der Waals surface area contributed by atoms with Crippen molar-refractivity contribution >= 4 is 11.9 Å². The lowest BCUT2D eigenvalue weighted by Crippen LogP contribution is -2.35. The van der Waals surface area contributed by atoms with Crippen LogP contribution in [0.25, 0.3) is 0 Å². The van der Waals surface area contributed by atoms with Crippen LogP contribution in [-0.4, -0.2) is 18.0 Å². The number of amides is 1. The maximum atomic E-state index is 12.8. The normalized spacial score (nSPS) is 11.7. The van der Waals surface area contributed by atoms with Crippen LogP contribution in [0.5, 0.6) is 0 Å². The first-order chi connectivity index (χ1) is 12.5. The molecule has 0 unspecified atom stereocenters. The summed E-state index contributed by atoms with van der Waals surface area (Å²) in [5.74, 6) is -1.12. The predicted molar refractivity (Wildman–Crippen MR) is 97.9 cm³/mol. The minimum absolute atomic E-state index is 0.223. The Kier molecular flexibility index (Phi) is 7.33. The molecule has 1 N–H and O–H groups in total. The molecule has 1 atom stereocenters. The molecule has 4 nitrogen and oxygen atoms in total. The van der Waals surface area contributed by atoms with E-state index in [1.807, 2.05) is 24.3 Å². The number of hydrogen-bond acceptors (Lipinski definition) is 3. The Morgan fingerprint density at radius 3 is 2.19 bits per heavy atom. The van der Waals surface area contributed by atoms with Crippen LogP contribution < -0.4 is 5.32 Å². The van der Waals surface area contributed by atoms with Gasteiger partial charge in [0, 0.05) is 13.0 Å². The average molecular weight is 357 g/mol. The van der Waals surface area contributed by atoms with Crippen molar-refractivity contribution < 1.29 is 18.7 Å². The largest absolute Gasteiger partial charge is 0.453 e. The van der Waals surface area contributed by atoms with Crippen molar-refractivity contribution in [3.63, 3.8) is 0 Å². The fourth-order valence-corrected chi connectivity index (χ4v) is 2.43. The lowest BCUT2D eigenvalue weighted by Gasteiger charge is -2.13. The van der Waals surface area contributed by atoms with Gasteiger partial charge in [-0.2, -0.15) is 0 Å². The molecule has 0 fully saturated rings.